The number of carboxylic acids is 1. The number of hydrogen-bond donors (Lipinski definition) is 2. The predicted molar refractivity (Wildman–Crippen MR) is 62.9 cm³/mol. The number of alkyl halides is 3. The van der Waals surface area contributed by atoms with Crippen LogP contribution in [-0.2, 0) is 6.18 Å². The molecule has 0 spiro atoms. The van der Waals surface area contributed by atoms with E-state index in [1.165, 1.54) is 6.92 Å². The Morgan fingerprint density at radius 1 is 1.30 bits per heavy atom. The molecule has 0 saturated heterocycles. The minimum absolute atomic E-state index is 0.00900. The molecule has 1 heterocycles. The Bertz CT molecular complexity index is 673. The summed E-state index contributed by atoms with van der Waals surface area (Å²) in [5.74, 6) is -2.26. The Kier molecular flexibility index (Phi) is 3.29. The molecule has 0 fully saturated rings. The molecular formula is C13H9F4NO2. The summed E-state index contributed by atoms with van der Waals surface area (Å²) in [7, 11) is 0. The van der Waals surface area contributed by atoms with Crippen LogP contribution in [0.1, 0.15) is 21.5 Å². The van der Waals surface area contributed by atoms with Crippen molar-refractivity contribution < 1.29 is 27.5 Å². The van der Waals surface area contributed by atoms with Crippen molar-refractivity contribution in [3.8, 4) is 11.3 Å². The zero-order valence-corrected chi connectivity index (χ0v) is 10.2. The molecule has 2 aromatic rings. The molecule has 1 aromatic heterocycles. The van der Waals surface area contributed by atoms with Crippen LogP contribution in [0.3, 0.4) is 0 Å². The second-order valence-corrected chi connectivity index (χ2v) is 4.20. The lowest BCUT2D eigenvalue weighted by Gasteiger charge is -2.12. The molecule has 1 aromatic carbocycles. The molecule has 0 radical (unpaired) electrons. The van der Waals surface area contributed by atoms with Gasteiger partial charge in [-0.2, -0.15) is 13.2 Å². The highest BCUT2D eigenvalue weighted by Gasteiger charge is 2.35. The lowest BCUT2D eigenvalue weighted by atomic mass is 10.00. The second-order valence-electron chi connectivity index (χ2n) is 4.20. The van der Waals surface area contributed by atoms with Crippen LogP contribution in [-0.4, -0.2) is 16.1 Å². The Morgan fingerprint density at radius 2 is 1.95 bits per heavy atom. The first-order valence-electron chi connectivity index (χ1n) is 5.50. The van der Waals surface area contributed by atoms with Crippen LogP contribution in [0.4, 0.5) is 17.6 Å². The van der Waals surface area contributed by atoms with E-state index in [0.717, 1.165) is 18.3 Å². The van der Waals surface area contributed by atoms with Gasteiger partial charge in [-0.3, -0.25) is 0 Å². The van der Waals surface area contributed by atoms with Crippen LogP contribution in [0.15, 0.2) is 24.4 Å². The zero-order chi connectivity index (χ0) is 15.1. The number of carbonyl (C=O) groups is 1. The van der Waals surface area contributed by atoms with E-state index in [2.05, 4.69) is 4.98 Å². The van der Waals surface area contributed by atoms with Crippen LogP contribution < -0.4 is 0 Å². The van der Waals surface area contributed by atoms with Crippen LogP contribution in [0.2, 0.25) is 0 Å². The van der Waals surface area contributed by atoms with Crippen LogP contribution >= 0.6 is 0 Å². The molecule has 2 rings (SSSR count). The lowest BCUT2D eigenvalue weighted by Crippen LogP contribution is -2.08. The maximum Gasteiger partial charge on any atom is 0.417 e. The molecule has 0 aliphatic heterocycles. The van der Waals surface area contributed by atoms with Crippen molar-refractivity contribution >= 4 is 5.97 Å². The normalized spacial score (nSPS) is 11.7. The molecule has 106 valence electrons. The molecule has 0 saturated carbocycles. The molecule has 20 heavy (non-hydrogen) atoms. The monoisotopic (exact) mass is 287 g/mol. The minimum Gasteiger partial charge on any atom is -0.478 e. The van der Waals surface area contributed by atoms with E-state index in [1.54, 1.807) is 0 Å². The molecule has 0 atom stereocenters. The molecular weight excluding hydrogens is 278 g/mol. The topological polar surface area (TPSA) is 53.1 Å². The SMILES string of the molecule is Cc1c(C(=O)O)c[nH]c1-c1ccc(F)cc1C(F)(F)F. The third-order valence-corrected chi connectivity index (χ3v) is 2.93. The number of H-pyrrole nitrogens is 1. The van der Waals surface area contributed by atoms with Crippen molar-refractivity contribution in [3.05, 3.63) is 46.9 Å². The van der Waals surface area contributed by atoms with E-state index < -0.39 is 23.5 Å². The third kappa shape index (κ3) is 2.38. The van der Waals surface area contributed by atoms with Crippen molar-refractivity contribution in [3.63, 3.8) is 0 Å². The van der Waals surface area contributed by atoms with Crippen molar-refractivity contribution in [2.24, 2.45) is 0 Å². The van der Waals surface area contributed by atoms with Crippen molar-refractivity contribution in [1.82, 2.24) is 4.98 Å². The Balaban J connectivity index is 2.68. The van der Waals surface area contributed by atoms with Gasteiger partial charge in [-0.05, 0) is 30.7 Å². The van der Waals surface area contributed by atoms with Gasteiger partial charge in [-0.1, -0.05) is 0 Å². The summed E-state index contributed by atoms with van der Waals surface area (Å²) >= 11 is 0. The quantitative estimate of drug-likeness (QED) is 0.824. The first-order chi connectivity index (χ1) is 9.21. The highest BCUT2D eigenvalue weighted by molar-refractivity contribution is 5.92. The van der Waals surface area contributed by atoms with Gasteiger partial charge >= 0.3 is 12.1 Å². The van der Waals surface area contributed by atoms with Gasteiger partial charge in [0.2, 0.25) is 0 Å². The van der Waals surface area contributed by atoms with Crippen molar-refractivity contribution in [2.45, 2.75) is 13.1 Å². The maximum atomic E-state index is 13.0. The standard InChI is InChI=1S/C13H9F4NO2/c1-6-9(12(19)20)5-18-11(6)8-3-2-7(14)4-10(8)13(15,16)17/h2-5,18H,1H3,(H,19,20). The molecule has 0 unspecified atom stereocenters. The summed E-state index contributed by atoms with van der Waals surface area (Å²) in [5, 5.41) is 8.90. The third-order valence-electron chi connectivity index (χ3n) is 2.93. The van der Waals surface area contributed by atoms with Crippen molar-refractivity contribution in [1.29, 1.82) is 0 Å². The Hall–Kier alpha value is -2.31. The first kappa shape index (κ1) is 14.1. The summed E-state index contributed by atoms with van der Waals surface area (Å²) in [5.41, 5.74) is -1.40. The average molecular weight is 287 g/mol. The smallest absolute Gasteiger partial charge is 0.417 e. The number of carboxylic acid groups (broad SMARTS) is 1. The fraction of sp³-hybridized carbons (Fsp3) is 0.154. The molecule has 0 amide bonds. The van der Waals surface area contributed by atoms with Crippen LogP contribution in [0, 0.1) is 12.7 Å². The number of benzene rings is 1. The predicted octanol–water partition coefficient (Wildman–Crippen LogP) is 3.85. The number of aromatic carboxylic acids is 1. The second kappa shape index (κ2) is 4.66. The number of nitrogens with one attached hydrogen (secondary N) is 1. The molecule has 0 bridgehead atoms. The van der Waals surface area contributed by atoms with Crippen molar-refractivity contribution in [2.75, 3.05) is 0 Å². The Morgan fingerprint density at radius 3 is 2.45 bits per heavy atom. The zero-order valence-electron chi connectivity index (χ0n) is 10.2. The molecule has 0 aliphatic rings. The molecule has 2 N–H and O–H groups in total. The van der Waals surface area contributed by atoms with E-state index >= 15 is 0 Å². The number of aromatic nitrogens is 1. The number of rotatable bonds is 2. The average Bonchev–Trinajstić information content (AvgIpc) is 2.70. The maximum absolute atomic E-state index is 13.0. The van der Waals surface area contributed by atoms with E-state index in [9.17, 15) is 22.4 Å². The van der Waals surface area contributed by atoms with Gasteiger partial charge in [0.05, 0.1) is 11.1 Å². The fourth-order valence-electron chi connectivity index (χ4n) is 1.97. The van der Waals surface area contributed by atoms with Gasteiger partial charge in [-0.25, -0.2) is 9.18 Å². The van der Waals surface area contributed by atoms with Gasteiger partial charge in [0.25, 0.3) is 0 Å². The summed E-state index contributed by atoms with van der Waals surface area (Å²) in [6.45, 7) is 1.39. The number of hydrogen-bond acceptors (Lipinski definition) is 1. The van der Waals surface area contributed by atoms with E-state index in [1.807, 2.05) is 0 Å². The first-order valence-corrected chi connectivity index (χ1v) is 5.50. The highest BCUT2D eigenvalue weighted by atomic mass is 19.4. The molecule has 7 heteroatoms. The van der Waals surface area contributed by atoms with Gasteiger partial charge < -0.3 is 10.1 Å². The molecule has 3 nitrogen and oxygen atoms in total. The summed E-state index contributed by atoms with van der Waals surface area (Å²) in [4.78, 5) is 13.4. The van der Waals surface area contributed by atoms with E-state index in [4.69, 9.17) is 5.11 Å². The van der Waals surface area contributed by atoms with Crippen LogP contribution in [0.25, 0.3) is 11.3 Å². The fourth-order valence-corrected chi connectivity index (χ4v) is 1.97. The van der Waals surface area contributed by atoms with Crippen LogP contribution in [0.5, 0.6) is 0 Å². The lowest BCUT2D eigenvalue weighted by molar-refractivity contribution is -0.137. The van der Waals surface area contributed by atoms with Gasteiger partial charge in [-0.15, -0.1) is 0 Å². The summed E-state index contributed by atoms with van der Waals surface area (Å²) in [6.07, 6.45) is -3.63. The largest absolute Gasteiger partial charge is 0.478 e. The minimum atomic E-state index is -4.74. The van der Waals surface area contributed by atoms with Gasteiger partial charge in [0.15, 0.2) is 0 Å². The van der Waals surface area contributed by atoms with Gasteiger partial charge in [0, 0.05) is 17.5 Å². The highest BCUT2D eigenvalue weighted by Crippen LogP contribution is 2.38. The number of aromatic amines is 1. The van der Waals surface area contributed by atoms with E-state index in [0.29, 0.717) is 6.07 Å². The summed E-state index contributed by atoms with van der Waals surface area (Å²) in [6, 6.07) is 2.25. The molecule has 0 aliphatic carbocycles. The number of halogens is 4. The van der Waals surface area contributed by atoms with Gasteiger partial charge in [0.1, 0.15) is 5.82 Å². The Labute approximate surface area is 110 Å². The van der Waals surface area contributed by atoms with E-state index in [-0.39, 0.29) is 22.4 Å². The summed E-state index contributed by atoms with van der Waals surface area (Å²) < 4.78 is 51.8.